The number of phosphoric ester groups is 1. The average Bonchev–Trinajstić information content (AvgIpc) is 3.84. The Morgan fingerprint density at radius 2 is 1.42 bits per heavy atom. The van der Waals surface area contributed by atoms with Crippen LogP contribution >= 0.6 is 35.2 Å². The fraction of sp³-hybridized carbons (Fsp3) is 0.706. The second-order valence-electron chi connectivity index (χ2n) is 15.1. The standard InChI is InChI=1S/C34H56N7O19P3S/c42-25(12-3-1-8-16-36-27(44)14-6-5-11-24-28-22(20-64-24)38-33(48)39-28)35-15-7-2-4-13-26(43)37-17-9-10-21-18-41(34(49)40-31(21)47)32-30(46)29(45)23(58-32)19-57-62(53,54)60-63(55,56)59-61(50,51)52/h9-10,18,22-24,28-30,32,45-46H,1-8,11-17,19-20H2,(H,35,42)(H,36,44)(H,37,43)(H,53,54)(H,55,56)(H2,38,39,48)(H,40,47,49)(H2,50,51,52)/b10-9+/t22-,23-,24-,28-,29?,30+,32-/m1/s1. The Labute approximate surface area is 370 Å². The van der Waals surface area contributed by atoms with Gasteiger partial charge in [-0.05, 0) is 38.5 Å². The number of rotatable bonds is 28. The van der Waals surface area contributed by atoms with Gasteiger partial charge in [0, 0.05) is 56.1 Å². The fourth-order valence-electron chi connectivity index (χ4n) is 6.90. The predicted molar refractivity (Wildman–Crippen MR) is 226 cm³/mol. The fourth-order valence-corrected chi connectivity index (χ4v) is 11.5. The van der Waals surface area contributed by atoms with E-state index in [-0.39, 0.29) is 54.4 Å². The van der Waals surface area contributed by atoms with Crippen LogP contribution in [0.2, 0.25) is 0 Å². The number of hydrogen-bond acceptors (Lipinski definition) is 16. The summed E-state index contributed by atoms with van der Waals surface area (Å²) in [6.45, 7) is -0.110. The minimum Gasteiger partial charge on any atom is -0.387 e. The lowest BCUT2D eigenvalue weighted by Gasteiger charge is -2.19. The summed E-state index contributed by atoms with van der Waals surface area (Å²) in [4.78, 5) is 111. The molecule has 1 aromatic rings. The van der Waals surface area contributed by atoms with Crippen molar-refractivity contribution in [3.63, 3.8) is 0 Å². The van der Waals surface area contributed by atoms with E-state index < -0.39 is 65.9 Å². The van der Waals surface area contributed by atoms with Crippen molar-refractivity contribution in [3.05, 3.63) is 38.7 Å². The number of amides is 5. The molecule has 0 aliphatic carbocycles. The molecule has 4 heterocycles. The van der Waals surface area contributed by atoms with Gasteiger partial charge in [0.05, 0.1) is 24.3 Å². The molecule has 30 heteroatoms. The highest BCUT2D eigenvalue weighted by atomic mass is 32.2. The number of aliphatic hydroxyl groups excluding tert-OH is 2. The lowest BCUT2D eigenvalue weighted by atomic mass is 10.0. The van der Waals surface area contributed by atoms with Crippen LogP contribution in [0.4, 0.5) is 4.79 Å². The number of aromatic nitrogens is 2. The number of nitrogens with zero attached hydrogens (tertiary/aromatic N) is 1. The smallest absolute Gasteiger partial charge is 0.387 e. The Hall–Kier alpha value is -3.26. The van der Waals surface area contributed by atoms with Crippen LogP contribution in [0.1, 0.15) is 88.8 Å². The molecule has 64 heavy (non-hydrogen) atoms. The Kier molecular flexibility index (Phi) is 20.9. The number of aromatic amines is 1. The highest BCUT2D eigenvalue weighted by molar-refractivity contribution is 8.00. The molecule has 0 saturated carbocycles. The van der Waals surface area contributed by atoms with E-state index >= 15 is 0 Å². The summed E-state index contributed by atoms with van der Waals surface area (Å²) in [5.74, 6) is 0.589. The van der Waals surface area contributed by atoms with E-state index in [1.165, 1.54) is 12.2 Å². The van der Waals surface area contributed by atoms with Crippen molar-refractivity contribution in [2.75, 3.05) is 32.0 Å². The van der Waals surface area contributed by atoms with Crippen LogP contribution in [0.15, 0.2) is 21.9 Å². The van der Waals surface area contributed by atoms with Gasteiger partial charge in [-0.3, -0.25) is 33.3 Å². The molecule has 0 spiro atoms. The van der Waals surface area contributed by atoms with Crippen LogP contribution in [0.25, 0.3) is 6.08 Å². The van der Waals surface area contributed by atoms with Gasteiger partial charge in [0.25, 0.3) is 5.56 Å². The highest BCUT2D eigenvalue weighted by Gasteiger charge is 2.47. The summed E-state index contributed by atoms with van der Waals surface area (Å²) >= 11 is 1.86. The van der Waals surface area contributed by atoms with Gasteiger partial charge in [0.1, 0.15) is 18.3 Å². The molecule has 3 aliphatic heterocycles. The van der Waals surface area contributed by atoms with Crippen molar-refractivity contribution < 1.29 is 80.5 Å². The Morgan fingerprint density at radius 1 is 0.812 bits per heavy atom. The number of carbonyl (C=O) groups is 4. The first-order chi connectivity index (χ1) is 30.1. The molecule has 0 bridgehead atoms. The van der Waals surface area contributed by atoms with Gasteiger partial charge in [-0.2, -0.15) is 20.4 Å². The van der Waals surface area contributed by atoms with Gasteiger partial charge in [-0.25, -0.2) is 23.3 Å². The first-order valence-corrected chi connectivity index (χ1v) is 26.0. The number of urea groups is 1. The molecule has 5 amide bonds. The van der Waals surface area contributed by atoms with E-state index in [0.29, 0.717) is 61.4 Å². The zero-order valence-corrected chi connectivity index (χ0v) is 38.0. The number of phosphoric acid groups is 3. The van der Waals surface area contributed by atoms with Gasteiger partial charge in [0.15, 0.2) is 6.23 Å². The number of unbranched alkanes of at least 4 members (excludes halogenated alkanes) is 5. The summed E-state index contributed by atoms with van der Waals surface area (Å²) in [5, 5.41) is 35.6. The minimum atomic E-state index is -5.83. The van der Waals surface area contributed by atoms with Gasteiger partial charge in [-0.15, -0.1) is 0 Å². The lowest BCUT2D eigenvalue weighted by molar-refractivity contribution is -0.122. The third-order valence-corrected chi connectivity index (χ3v) is 15.3. The van der Waals surface area contributed by atoms with Crippen molar-refractivity contribution in [2.45, 2.75) is 119 Å². The van der Waals surface area contributed by atoms with Crippen molar-refractivity contribution in [1.82, 2.24) is 36.1 Å². The molecular weight excluding hydrogens is 935 g/mol. The molecule has 1 aromatic heterocycles. The molecule has 26 nitrogen and oxygen atoms in total. The SMILES string of the molecule is O=C(CCCCCNC(=O)CCCCCNC(=O)CCCC[C@H]1SC[C@H]2NC(=O)N[C@H]21)NC/C=C/c1cn([C@@H]2O[C@H](COP(=O)(O)OP(=O)(O)OP(=O)(O)O)C(O)[C@@H]2O)c(=O)[nH]c1=O. The van der Waals surface area contributed by atoms with Crippen LogP contribution in [0, 0.1) is 0 Å². The molecule has 12 N–H and O–H groups in total. The summed E-state index contributed by atoms with van der Waals surface area (Å²) in [5.41, 5.74) is -2.09. The van der Waals surface area contributed by atoms with Crippen LogP contribution < -0.4 is 37.8 Å². The van der Waals surface area contributed by atoms with Crippen molar-refractivity contribution >= 4 is 65.1 Å². The topological polar surface area (TPSA) is 393 Å². The number of H-pyrrole nitrogens is 1. The van der Waals surface area contributed by atoms with E-state index in [1.807, 2.05) is 16.7 Å². The predicted octanol–water partition coefficient (Wildman–Crippen LogP) is -0.292. The molecule has 3 aliphatic rings. The second-order valence-corrected chi connectivity index (χ2v) is 20.8. The number of ether oxygens (including phenoxy) is 1. The molecule has 0 aromatic carbocycles. The van der Waals surface area contributed by atoms with Crippen molar-refractivity contribution in [2.24, 2.45) is 0 Å². The normalized spacial score (nSPS) is 25.0. The Morgan fingerprint density at radius 3 is 2.05 bits per heavy atom. The lowest BCUT2D eigenvalue weighted by Crippen LogP contribution is -2.38. The zero-order valence-electron chi connectivity index (χ0n) is 34.5. The van der Waals surface area contributed by atoms with Crippen molar-refractivity contribution in [3.8, 4) is 0 Å². The maximum atomic E-state index is 12.6. The third-order valence-electron chi connectivity index (χ3n) is 10.0. The van der Waals surface area contributed by atoms with Crippen LogP contribution in [0.3, 0.4) is 0 Å². The summed E-state index contributed by atoms with van der Waals surface area (Å²) in [6.07, 6.45) is 4.34. The van der Waals surface area contributed by atoms with Gasteiger partial charge < -0.3 is 61.1 Å². The van der Waals surface area contributed by atoms with Gasteiger partial charge in [-0.1, -0.05) is 31.4 Å². The first kappa shape index (κ1) is 53.4. The molecular formula is C34H56N7O19P3S. The van der Waals surface area contributed by atoms with Crippen molar-refractivity contribution in [1.29, 1.82) is 0 Å². The second kappa shape index (κ2) is 25.0. The Balaban J connectivity index is 1.03. The third kappa shape index (κ3) is 18.2. The van der Waals surface area contributed by atoms with E-state index in [0.717, 1.165) is 44.1 Å². The minimum absolute atomic E-state index is 0.00768. The van der Waals surface area contributed by atoms with Crippen LogP contribution in [-0.4, -0.2) is 131 Å². The van der Waals surface area contributed by atoms with Crippen LogP contribution in [0.5, 0.6) is 0 Å². The molecule has 3 fully saturated rings. The molecule has 3 unspecified atom stereocenters. The number of carbonyl (C=O) groups excluding carboxylic acids is 4. The average molecular weight is 992 g/mol. The molecule has 9 atom stereocenters. The maximum absolute atomic E-state index is 12.6. The molecule has 4 rings (SSSR count). The van der Waals surface area contributed by atoms with E-state index in [4.69, 9.17) is 14.5 Å². The quantitative estimate of drug-likeness (QED) is 0.0291. The molecule has 362 valence electrons. The monoisotopic (exact) mass is 991 g/mol. The maximum Gasteiger partial charge on any atom is 0.490 e. The van der Waals surface area contributed by atoms with Crippen LogP contribution in [-0.2, 0) is 46.0 Å². The zero-order chi connectivity index (χ0) is 47.1. The highest BCUT2D eigenvalue weighted by Crippen LogP contribution is 2.66. The first-order valence-electron chi connectivity index (χ1n) is 20.4. The molecule has 3 saturated heterocycles. The summed E-state index contributed by atoms with van der Waals surface area (Å²) in [6, 6.07) is 0.274. The summed E-state index contributed by atoms with van der Waals surface area (Å²) in [7, 11) is -17.1. The Bertz CT molecular complexity index is 2070. The van der Waals surface area contributed by atoms with Gasteiger partial charge in [0.2, 0.25) is 17.7 Å². The summed E-state index contributed by atoms with van der Waals surface area (Å²) < 4.78 is 52.0. The number of aliphatic hydroxyl groups is 2. The van der Waals surface area contributed by atoms with E-state index in [1.54, 1.807) is 0 Å². The number of nitrogens with one attached hydrogen (secondary N) is 6. The van der Waals surface area contributed by atoms with Gasteiger partial charge >= 0.3 is 35.2 Å². The largest absolute Gasteiger partial charge is 0.490 e. The molecule has 0 radical (unpaired) electrons. The number of thioether (sulfide) groups is 1. The number of fused-ring (bicyclic) bond motifs is 1. The van der Waals surface area contributed by atoms with E-state index in [9.17, 15) is 62.5 Å². The number of hydrogen-bond donors (Lipinski definition) is 12. The van der Waals surface area contributed by atoms with E-state index in [2.05, 4.69) is 39.7 Å².